The van der Waals surface area contributed by atoms with E-state index in [9.17, 15) is 4.79 Å². The number of carbonyl (C=O) groups excluding carboxylic acids is 1. The van der Waals surface area contributed by atoms with Crippen LogP contribution in [-0.4, -0.2) is 30.4 Å². The molecular weight excluding hydrogens is 283 g/mol. The van der Waals surface area contributed by atoms with Crippen LogP contribution in [0, 0.1) is 0 Å². The predicted octanol–water partition coefficient (Wildman–Crippen LogP) is 3.09. The molecule has 5 heteroatoms. The van der Waals surface area contributed by atoms with E-state index in [4.69, 9.17) is 23.2 Å². The van der Waals surface area contributed by atoms with Crippen LogP contribution in [0.4, 0.5) is 0 Å². The number of rotatable bonds is 3. The molecule has 2 rings (SSSR count). The SMILES string of the molecule is CN(Cc1ccc(Cl)cc1Cl)C(=O)[C@@H]1CCCCN1. The third-order valence-electron chi connectivity index (χ3n) is 3.41. The van der Waals surface area contributed by atoms with E-state index in [1.165, 1.54) is 0 Å². The van der Waals surface area contributed by atoms with Crippen molar-refractivity contribution in [2.45, 2.75) is 31.8 Å². The second-order valence-electron chi connectivity index (χ2n) is 4.93. The second-order valence-corrected chi connectivity index (χ2v) is 5.78. The van der Waals surface area contributed by atoms with Crippen molar-refractivity contribution in [2.75, 3.05) is 13.6 Å². The average molecular weight is 301 g/mol. The molecule has 1 amide bonds. The molecule has 3 nitrogen and oxygen atoms in total. The van der Waals surface area contributed by atoms with Crippen molar-refractivity contribution in [2.24, 2.45) is 0 Å². The molecule has 104 valence electrons. The summed E-state index contributed by atoms with van der Waals surface area (Å²) in [5, 5.41) is 4.47. The van der Waals surface area contributed by atoms with Crippen LogP contribution in [0.3, 0.4) is 0 Å². The molecule has 19 heavy (non-hydrogen) atoms. The zero-order valence-corrected chi connectivity index (χ0v) is 12.5. The van der Waals surface area contributed by atoms with Gasteiger partial charge in [-0.05, 0) is 37.1 Å². The van der Waals surface area contributed by atoms with Gasteiger partial charge in [-0.15, -0.1) is 0 Å². The fourth-order valence-corrected chi connectivity index (χ4v) is 2.78. The van der Waals surface area contributed by atoms with Crippen molar-refractivity contribution < 1.29 is 4.79 Å². The van der Waals surface area contributed by atoms with Gasteiger partial charge >= 0.3 is 0 Å². The molecule has 0 aliphatic carbocycles. The first kappa shape index (κ1) is 14.6. The van der Waals surface area contributed by atoms with Crippen LogP contribution in [0.25, 0.3) is 0 Å². The first-order valence-corrected chi connectivity index (χ1v) is 7.26. The lowest BCUT2D eigenvalue weighted by Gasteiger charge is -2.27. The second kappa shape index (κ2) is 6.60. The highest BCUT2D eigenvalue weighted by Crippen LogP contribution is 2.22. The normalized spacial score (nSPS) is 19.2. The van der Waals surface area contributed by atoms with E-state index in [0.29, 0.717) is 16.6 Å². The fourth-order valence-electron chi connectivity index (χ4n) is 2.31. The topological polar surface area (TPSA) is 32.3 Å². The lowest BCUT2D eigenvalue weighted by molar-refractivity contribution is -0.133. The van der Waals surface area contributed by atoms with E-state index in [1.807, 2.05) is 13.1 Å². The zero-order valence-electron chi connectivity index (χ0n) is 11.0. The van der Waals surface area contributed by atoms with Gasteiger partial charge in [0.1, 0.15) is 0 Å². The van der Waals surface area contributed by atoms with E-state index in [0.717, 1.165) is 31.4 Å². The number of amides is 1. The van der Waals surface area contributed by atoms with Crippen molar-refractivity contribution in [1.82, 2.24) is 10.2 Å². The van der Waals surface area contributed by atoms with Crippen LogP contribution in [0.5, 0.6) is 0 Å². The minimum absolute atomic E-state index is 0.0511. The summed E-state index contributed by atoms with van der Waals surface area (Å²) in [7, 11) is 1.81. The standard InChI is InChI=1S/C14H18Cl2N2O/c1-18(14(19)13-4-2-3-7-17-13)9-10-5-6-11(15)8-12(10)16/h5-6,8,13,17H,2-4,7,9H2,1H3/t13-/m0/s1. The smallest absolute Gasteiger partial charge is 0.239 e. The van der Waals surface area contributed by atoms with Crippen LogP contribution in [0.2, 0.25) is 10.0 Å². The maximum atomic E-state index is 12.3. The summed E-state index contributed by atoms with van der Waals surface area (Å²) < 4.78 is 0. The Balaban J connectivity index is 1.99. The van der Waals surface area contributed by atoms with Crippen molar-refractivity contribution in [3.05, 3.63) is 33.8 Å². The Morgan fingerprint density at radius 2 is 2.21 bits per heavy atom. The number of benzene rings is 1. The van der Waals surface area contributed by atoms with E-state index >= 15 is 0 Å². The molecule has 1 N–H and O–H groups in total. The van der Waals surface area contributed by atoms with E-state index in [2.05, 4.69) is 5.32 Å². The molecule has 1 aliphatic rings. The highest BCUT2D eigenvalue weighted by molar-refractivity contribution is 6.35. The van der Waals surface area contributed by atoms with E-state index in [-0.39, 0.29) is 11.9 Å². The number of hydrogen-bond donors (Lipinski definition) is 1. The van der Waals surface area contributed by atoms with Gasteiger partial charge in [-0.2, -0.15) is 0 Å². The molecule has 1 aromatic carbocycles. The maximum Gasteiger partial charge on any atom is 0.239 e. The summed E-state index contributed by atoms with van der Waals surface area (Å²) in [5.74, 6) is 0.130. The van der Waals surface area contributed by atoms with Crippen LogP contribution in [0.15, 0.2) is 18.2 Å². The molecule has 0 aromatic heterocycles. The Kier molecular flexibility index (Phi) is 5.08. The molecule has 0 unspecified atom stereocenters. The summed E-state index contributed by atoms with van der Waals surface area (Å²) in [5.41, 5.74) is 0.915. The van der Waals surface area contributed by atoms with E-state index < -0.39 is 0 Å². The van der Waals surface area contributed by atoms with Crippen LogP contribution >= 0.6 is 23.2 Å². The summed E-state index contributed by atoms with van der Waals surface area (Å²) in [6.07, 6.45) is 3.17. The lowest BCUT2D eigenvalue weighted by Crippen LogP contribution is -2.47. The molecule has 1 atom stereocenters. The third kappa shape index (κ3) is 3.85. The summed E-state index contributed by atoms with van der Waals surface area (Å²) in [6.45, 7) is 1.43. The van der Waals surface area contributed by atoms with Crippen LogP contribution < -0.4 is 5.32 Å². The first-order chi connectivity index (χ1) is 9.08. The highest BCUT2D eigenvalue weighted by Gasteiger charge is 2.23. The Morgan fingerprint density at radius 1 is 1.42 bits per heavy atom. The maximum absolute atomic E-state index is 12.3. The van der Waals surface area contributed by atoms with Crippen LogP contribution in [0.1, 0.15) is 24.8 Å². The predicted molar refractivity (Wildman–Crippen MR) is 78.6 cm³/mol. The number of piperidine rings is 1. The molecule has 1 aromatic rings. The van der Waals surface area contributed by atoms with Crippen LogP contribution in [-0.2, 0) is 11.3 Å². The number of nitrogens with one attached hydrogen (secondary N) is 1. The summed E-state index contributed by atoms with van der Waals surface area (Å²) in [4.78, 5) is 14.0. The monoisotopic (exact) mass is 300 g/mol. The number of nitrogens with zero attached hydrogens (tertiary/aromatic N) is 1. The van der Waals surface area contributed by atoms with Crippen molar-refractivity contribution >= 4 is 29.1 Å². The number of carbonyl (C=O) groups is 1. The quantitative estimate of drug-likeness (QED) is 0.930. The summed E-state index contributed by atoms with van der Waals surface area (Å²) in [6, 6.07) is 5.31. The van der Waals surface area contributed by atoms with Gasteiger partial charge in [0.05, 0.1) is 6.04 Å². The number of hydrogen-bond acceptors (Lipinski definition) is 2. The molecular formula is C14H18Cl2N2O. The van der Waals surface area contributed by atoms with Crippen molar-refractivity contribution in [3.8, 4) is 0 Å². The van der Waals surface area contributed by atoms with Crippen molar-refractivity contribution in [1.29, 1.82) is 0 Å². The molecule has 0 bridgehead atoms. The molecule has 1 heterocycles. The molecule has 0 radical (unpaired) electrons. The lowest BCUT2D eigenvalue weighted by atomic mass is 10.0. The minimum atomic E-state index is -0.0511. The van der Waals surface area contributed by atoms with E-state index in [1.54, 1.807) is 17.0 Å². The van der Waals surface area contributed by atoms with Gasteiger partial charge in [-0.3, -0.25) is 4.79 Å². The van der Waals surface area contributed by atoms with Gasteiger partial charge in [0.15, 0.2) is 0 Å². The van der Waals surface area contributed by atoms with Gasteiger partial charge in [0, 0.05) is 23.6 Å². The number of likely N-dealkylation sites (N-methyl/N-ethyl adjacent to an activating group) is 1. The average Bonchev–Trinajstić information content (AvgIpc) is 2.42. The largest absolute Gasteiger partial charge is 0.340 e. The fraction of sp³-hybridized carbons (Fsp3) is 0.500. The van der Waals surface area contributed by atoms with Gasteiger partial charge in [0.25, 0.3) is 0 Å². The van der Waals surface area contributed by atoms with Gasteiger partial charge in [0.2, 0.25) is 5.91 Å². The Labute approximate surface area is 123 Å². The zero-order chi connectivity index (χ0) is 13.8. The molecule has 1 saturated heterocycles. The molecule has 1 aliphatic heterocycles. The Hall–Kier alpha value is -0.770. The highest BCUT2D eigenvalue weighted by atomic mass is 35.5. The van der Waals surface area contributed by atoms with Gasteiger partial charge in [-0.1, -0.05) is 35.7 Å². The Morgan fingerprint density at radius 3 is 2.84 bits per heavy atom. The Bertz CT molecular complexity index is 459. The number of halogens is 2. The third-order valence-corrected chi connectivity index (χ3v) is 3.99. The molecule has 1 fully saturated rings. The molecule has 0 saturated carbocycles. The molecule has 0 spiro atoms. The minimum Gasteiger partial charge on any atom is -0.340 e. The summed E-state index contributed by atoms with van der Waals surface area (Å²) >= 11 is 12.0. The van der Waals surface area contributed by atoms with Crippen molar-refractivity contribution in [3.63, 3.8) is 0 Å². The van der Waals surface area contributed by atoms with Gasteiger partial charge in [-0.25, -0.2) is 0 Å². The van der Waals surface area contributed by atoms with Gasteiger partial charge < -0.3 is 10.2 Å². The first-order valence-electron chi connectivity index (χ1n) is 6.50.